The molecular weight excluding hydrogens is 208 g/mol. The number of nitrogens with zero attached hydrogens (tertiary/aromatic N) is 2. The van der Waals surface area contributed by atoms with E-state index < -0.39 is 4.92 Å². The minimum atomic E-state index is -0.428. The Hall–Kier alpha value is -2.43. The monoisotopic (exact) mass is 216 g/mol. The van der Waals surface area contributed by atoms with Gasteiger partial charge in [0.2, 0.25) is 5.89 Å². The number of oxazole rings is 1. The van der Waals surface area contributed by atoms with Crippen molar-refractivity contribution in [2.24, 2.45) is 0 Å². The number of hydrogen-bond donors (Lipinski definition) is 0. The fourth-order valence-electron chi connectivity index (χ4n) is 1.23. The number of hydrogen-bond acceptors (Lipinski definition) is 4. The second kappa shape index (κ2) is 4.39. The van der Waals surface area contributed by atoms with Crippen LogP contribution in [0.25, 0.3) is 12.2 Å². The third-order valence-electron chi connectivity index (χ3n) is 1.95. The third kappa shape index (κ3) is 2.33. The molecule has 0 bridgehead atoms. The lowest BCUT2D eigenvalue weighted by atomic mass is 10.2. The van der Waals surface area contributed by atoms with Gasteiger partial charge in [0.1, 0.15) is 6.26 Å². The summed E-state index contributed by atoms with van der Waals surface area (Å²) in [5, 5.41) is 10.5. The molecule has 2 rings (SSSR count). The van der Waals surface area contributed by atoms with Gasteiger partial charge in [-0.2, -0.15) is 0 Å². The Morgan fingerprint density at radius 2 is 2.25 bits per heavy atom. The Labute approximate surface area is 91.2 Å². The Bertz CT molecular complexity index is 518. The highest BCUT2D eigenvalue weighted by atomic mass is 16.6. The Kier molecular flexibility index (Phi) is 2.77. The second-order valence-corrected chi connectivity index (χ2v) is 3.06. The van der Waals surface area contributed by atoms with E-state index in [-0.39, 0.29) is 5.69 Å². The lowest BCUT2D eigenvalue weighted by molar-refractivity contribution is -0.384. The van der Waals surface area contributed by atoms with Crippen molar-refractivity contribution in [3.63, 3.8) is 0 Å². The van der Waals surface area contributed by atoms with Gasteiger partial charge in [-0.1, -0.05) is 12.1 Å². The second-order valence-electron chi connectivity index (χ2n) is 3.06. The fraction of sp³-hybridized carbons (Fsp3) is 0. The molecule has 5 nitrogen and oxygen atoms in total. The molecule has 1 aromatic carbocycles. The number of aromatic nitrogens is 1. The van der Waals surface area contributed by atoms with Crippen LogP contribution >= 0.6 is 0 Å². The molecule has 0 aliphatic rings. The molecule has 0 atom stereocenters. The van der Waals surface area contributed by atoms with Crippen LogP contribution in [0.2, 0.25) is 0 Å². The lowest BCUT2D eigenvalue weighted by Gasteiger charge is -1.93. The van der Waals surface area contributed by atoms with E-state index in [0.29, 0.717) is 5.89 Å². The Balaban J connectivity index is 2.22. The molecule has 80 valence electrons. The van der Waals surface area contributed by atoms with Gasteiger partial charge in [-0.15, -0.1) is 0 Å². The van der Waals surface area contributed by atoms with Crippen molar-refractivity contribution in [2.75, 3.05) is 0 Å². The first-order chi connectivity index (χ1) is 7.75. The highest BCUT2D eigenvalue weighted by molar-refractivity contribution is 5.67. The van der Waals surface area contributed by atoms with E-state index in [0.717, 1.165) is 5.56 Å². The smallest absolute Gasteiger partial charge is 0.270 e. The van der Waals surface area contributed by atoms with Crippen molar-refractivity contribution in [2.45, 2.75) is 0 Å². The summed E-state index contributed by atoms with van der Waals surface area (Å²) in [6, 6.07) is 6.34. The van der Waals surface area contributed by atoms with Gasteiger partial charge in [-0.05, 0) is 11.6 Å². The number of nitro groups is 1. The Morgan fingerprint density at radius 1 is 1.38 bits per heavy atom. The van der Waals surface area contributed by atoms with Crippen molar-refractivity contribution >= 4 is 17.8 Å². The van der Waals surface area contributed by atoms with Crippen LogP contribution < -0.4 is 0 Å². The zero-order valence-corrected chi connectivity index (χ0v) is 8.24. The molecule has 0 spiro atoms. The number of nitro benzene ring substituents is 1. The summed E-state index contributed by atoms with van der Waals surface area (Å²) < 4.78 is 5.00. The normalized spacial score (nSPS) is 10.8. The molecule has 0 N–H and O–H groups in total. The van der Waals surface area contributed by atoms with E-state index in [2.05, 4.69) is 4.98 Å². The first kappa shape index (κ1) is 10.1. The van der Waals surface area contributed by atoms with Gasteiger partial charge in [0.05, 0.1) is 11.1 Å². The molecule has 0 aliphatic heterocycles. The van der Waals surface area contributed by atoms with Gasteiger partial charge in [0, 0.05) is 18.2 Å². The van der Waals surface area contributed by atoms with Crippen LogP contribution in [-0.2, 0) is 0 Å². The van der Waals surface area contributed by atoms with Crippen molar-refractivity contribution in [3.05, 3.63) is 58.3 Å². The number of rotatable bonds is 3. The zero-order valence-electron chi connectivity index (χ0n) is 8.24. The van der Waals surface area contributed by atoms with E-state index >= 15 is 0 Å². The maximum atomic E-state index is 10.5. The van der Waals surface area contributed by atoms with Crippen molar-refractivity contribution in [1.82, 2.24) is 4.98 Å². The Morgan fingerprint density at radius 3 is 2.94 bits per heavy atom. The molecule has 16 heavy (non-hydrogen) atoms. The van der Waals surface area contributed by atoms with Gasteiger partial charge in [-0.3, -0.25) is 10.1 Å². The molecule has 0 aliphatic carbocycles. The molecule has 0 radical (unpaired) electrons. The van der Waals surface area contributed by atoms with E-state index in [1.54, 1.807) is 24.3 Å². The highest BCUT2D eigenvalue weighted by Gasteiger charge is 2.03. The van der Waals surface area contributed by atoms with Gasteiger partial charge in [0.15, 0.2) is 0 Å². The van der Waals surface area contributed by atoms with E-state index in [1.807, 2.05) is 0 Å². The molecular formula is C11H8N2O3. The summed E-state index contributed by atoms with van der Waals surface area (Å²) in [5.41, 5.74) is 0.793. The topological polar surface area (TPSA) is 69.2 Å². The highest BCUT2D eigenvalue weighted by Crippen LogP contribution is 2.15. The first-order valence-electron chi connectivity index (χ1n) is 4.58. The maximum Gasteiger partial charge on any atom is 0.270 e. The van der Waals surface area contributed by atoms with Gasteiger partial charge >= 0.3 is 0 Å². The average Bonchev–Trinajstić information content (AvgIpc) is 2.79. The number of non-ortho nitro benzene ring substituents is 1. The fourth-order valence-corrected chi connectivity index (χ4v) is 1.23. The molecule has 1 heterocycles. The summed E-state index contributed by atoms with van der Waals surface area (Å²) in [6.45, 7) is 0. The van der Waals surface area contributed by atoms with E-state index in [9.17, 15) is 10.1 Å². The standard InChI is InChI=1S/C11H8N2O3/c14-13(15)10-3-1-2-9(8-10)4-5-11-12-6-7-16-11/h1-8H/b5-4+. The molecule has 0 amide bonds. The van der Waals surface area contributed by atoms with Crippen LogP contribution in [-0.4, -0.2) is 9.91 Å². The van der Waals surface area contributed by atoms with Gasteiger partial charge in [0.25, 0.3) is 5.69 Å². The molecule has 0 unspecified atom stereocenters. The first-order valence-corrected chi connectivity index (χ1v) is 4.58. The van der Waals surface area contributed by atoms with Crippen molar-refractivity contribution in [3.8, 4) is 0 Å². The van der Waals surface area contributed by atoms with Crippen LogP contribution in [0, 0.1) is 10.1 Å². The SMILES string of the molecule is O=[N+]([O-])c1cccc(/C=C/c2ncco2)c1. The van der Waals surface area contributed by atoms with Crippen LogP contribution in [0.15, 0.2) is 41.1 Å². The summed E-state index contributed by atoms with van der Waals surface area (Å²) in [5.74, 6) is 0.464. The minimum Gasteiger partial charge on any atom is -0.445 e. The maximum absolute atomic E-state index is 10.5. The quantitative estimate of drug-likeness (QED) is 0.584. The summed E-state index contributed by atoms with van der Waals surface area (Å²) >= 11 is 0. The largest absolute Gasteiger partial charge is 0.445 e. The van der Waals surface area contributed by atoms with Crippen molar-refractivity contribution in [1.29, 1.82) is 0 Å². The van der Waals surface area contributed by atoms with Crippen LogP contribution in [0.4, 0.5) is 5.69 Å². The molecule has 0 saturated carbocycles. The summed E-state index contributed by atoms with van der Waals surface area (Å²) in [7, 11) is 0. The van der Waals surface area contributed by atoms with E-state index in [4.69, 9.17) is 4.42 Å². The molecule has 0 fully saturated rings. The average molecular weight is 216 g/mol. The summed E-state index contributed by atoms with van der Waals surface area (Å²) in [6.07, 6.45) is 6.36. The predicted octanol–water partition coefficient (Wildman–Crippen LogP) is 2.75. The molecule has 1 aromatic heterocycles. The third-order valence-corrected chi connectivity index (χ3v) is 1.95. The molecule has 5 heteroatoms. The number of benzene rings is 1. The summed E-state index contributed by atoms with van der Waals surface area (Å²) in [4.78, 5) is 14.0. The van der Waals surface area contributed by atoms with E-state index in [1.165, 1.54) is 24.6 Å². The van der Waals surface area contributed by atoms with Crippen LogP contribution in [0.3, 0.4) is 0 Å². The van der Waals surface area contributed by atoms with Gasteiger partial charge < -0.3 is 4.42 Å². The zero-order chi connectivity index (χ0) is 11.4. The van der Waals surface area contributed by atoms with Crippen molar-refractivity contribution < 1.29 is 9.34 Å². The lowest BCUT2D eigenvalue weighted by Crippen LogP contribution is -1.87. The minimum absolute atomic E-state index is 0.0644. The van der Waals surface area contributed by atoms with Crippen LogP contribution in [0.1, 0.15) is 11.5 Å². The predicted molar refractivity (Wildman–Crippen MR) is 58.5 cm³/mol. The molecule has 0 saturated heterocycles. The molecule has 2 aromatic rings. The van der Waals surface area contributed by atoms with Crippen LogP contribution in [0.5, 0.6) is 0 Å². The van der Waals surface area contributed by atoms with Gasteiger partial charge in [-0.25, -0.2) is 4.98 Å².